The highest BCUT2D eigenvalue weighted by molar-refractivity contribution is 5.74. The van der Waals surface area contributed by atoms with Crippen LogP contribution in [0, 0.1) is 11.8 Å². The molecule has 0 aromatic rings. The summed E-state index contributed by atoms with van der Waals surface area (Å²) in [5.74, 6) is 1.27. The van der Waals surface area contributed by atoms with Gasteiger partial charge in [0.2, 0.25) is 0 Å². The van der Waals surface area contributed by atoms with Crippen LogP contribution in [-0.2, 0) is 0 Å². The Labute approximate surface area is 97.8 Å². The molecule has 0 radical (unpaired) electrons. The summed E-state index contributed by atoms with van der Waals surface area (Å²) in [7, 11) is 3.63. The van der Waals surface area contributed by atoms with Crippen molar-refractivity contribution in [1.82, 2.24) is 9.80 Å². The minimum atomic E-state index is 0.0442. The second-order valence-electron chi connectivity index (χ2n) is 5.73. The van der Waals surface area contributed by atoms with Crippen LogP contribution in [0.1, 0.15) is 26.2 Å². The fourth-order valence-electron chi connectivity index (χ4n) is 3.26. The topological polar surface area (TPSA) is 49.6 Å². The molecule has 0 spiro atoms. The number of likely N-dealkylation sites (tertiary alicyclic amines) is 1. The normalized spacial score (nSPS) is 37.6. The van der Waals surface area contributed by atoms with Crippen molar-refractivity contribution in [2.75, 3.05) is 27.2 Å². The number of carbonyl (C=O) groups is 1. The van der Waals surface area contributed by atoms with Crippen molar-refractivity contribution in [3.63, 3.8) is 0 Å². The van der Waals surface area contributed by atoms with Gasteiger partial charge >= 0.3 is 6.03 Å². The van der Waals surface area contributed by atoms with Gasteiger partial charge in [-0.05, 0) is 31.1 Å². The van der Waals surface area contributed by atoms with Crippen molar-refractivity contribution in [3.8, 4) is 0 Å². The molecule has 1 saturated heterocycles. The van der Waals surface area contributed by atoms with Gasteiger partial charge in [0.05, 0.1) is 0 Å². The van der Waals surface area contributed by atoms with E-state index in [1.54, 1.807) is 4.90 Å². The summed E-state index contributed by atoms with van der Waals surface area (Å²) < 4.78 is 0. The third-order valence-corrected chi connectivity index (χ3v) is 4.27. The number of carbonyl (C=O) groups excluding carboxylic acids is 1. The van der Waals surface area contributed by atoms with Gasteiger partial charge in [-0.2, -0.15) is 0 Å². The number of rotatable bonds is 1. The monoisotopic (exact) mass is 225 g/mol. The minimum Gasteiger partial charge on any atom is -0.331 e. The molecule has 2 aliphatic rings. The van der Waals surface area contributed by atoms with E-state index in [1.807, 2.05) is 19.0 Å². The molecular weight excluding hydrogens is 202 g/mol. The van der Waals surface area contributed by atoms with Gasteiger partial charge in [-0.25, -0.2) is 4.79 Å². The maximum Gasteiger partial charge on any atom is 0.319 e. The second-order valence-corrected chi connectivity index (χ2v) is 5.73. The maximum atomic E-state index is 11.8. The molecule has 2 rings (SSSR count). The number of urea groups is 1. The van der Waals surface area contributed by atoms with Crippen LogP contribution in [0.25, 0.3) is 0 Å². The lowest BCUT2D eigenvalue weighted by Crippen LogP contribution is -2.41. The summed E-state index contributed by atoms with van der Waals surface area (Å²) in [6.45, 7) is 3.98. The van der Waals surface area contributed by atoms with E-state index in [0.29, 0.717) is 11.8 Å². The zero-order valence-corrected chi connectivity index (χ0v) is 10.6. The Morgan fingerprint density at radius 2 is 1.88 bits per heavy atom. The molecule has 0 unspecified atom stereocenters. The maximum absolute atomic E-state index is 11.8. The van der Waals surface area contributed by atoms with Crippen molar-refractivity contribution in [2.45, 2.75) is 31.7 Å². The van der Waals surface area contributed by atoms with E-state index < -0.39 is 0 Å². The third kappa shape index (κ3) is 1.90. The largest absolute Gasteiger partial charge is 0.331 e. The van der Waals surface area contributed by atoms with E-state index in [4.69, 9.17) is 5.73 Å². The SMILES string of the molecule is CC[C@]1(N)C[C@H]2CN(C(=O)N(C)C)C[C@H]2C1. The number of fused-ring (bicyclic) bond motifs is 1. The molecule has 0 aromatic carbocycles. The second kappa shape index (κ2) is 3.91. The first kappa shape index (κ1) is 11.7. The minimum absolute atomic E-state index is 0.0442. The summed E-state index contributed by atoms with van der Waals surface area (Å²) in [4.78, 5) is 15.5. The molecule has 1 aliphatic carbocycles. The van der Waals surface area contributed by atoms with Gasteiger partial charge in [-0.1, -0.05) is 6.92 Å². The van der Waals surface area contributed by atoms with Crippen molar-refractivity contribution < 1.29 is 4.79 Å². The Bertz CT molecular complexity index is 276. The van der Waals surface area contributed by atoms with Crippen molar-refractivity contribution in [3.05, 3.63) is 0 Å². The first-order valence-corrected chi connectivity index (χ1v) is 6.20. The number of amides is 2. The summed E-state index contributed by atoms with van der Waals surface area (Å²) in [5.41, 5.74) is 6.36. The van der Waals surface area contributed by atoms with E-state index >= 15 is 0 Å². The van der Waals surface area contributed by atoms with Crippen LogP contribution in [0.15, 0.2) is 0 Å². The van der Waals surface area contributed by atoms with Gasteiger partial charge in [0.1, 0.15) is 0 Å². The smallest absolute Gasteiger partial charge is 0.319 e. The first-order chi connectivity index (χ1) is 7.45. The van der Waals surface area contributed by atoms with Gasteiger partial charge in [0.25, 0.3) is 0 Å². The fraction of sp³-hybridized carbons (Fsp3) is 0.917. The predicted molar refractivity (Wildman–Crippen MR) is 64.1 cm³/mol. The zero-order valence-electron chi connectivity index (χ0n) is 10.6. The summed E-state index contributed by atoms with van der Waals surface area (Å²) in [6.07, 6.45) is 3.23. The van der Waals surface area contributed by atoms with E-state index in [-0.39, 0.29) is 11.6 Å². The fourth-order valence-corrected chi connectivity index (χ4v) is 3.26. The summed E-state index contributed by atoms with van der Waals surface area (Å²) in [6, 6.07) is 0.147. The number of nitrogens with two attached hydrogens (primary N) is 1. The van der Waals surface area contributed by atoms with Crippen LogP contribution in [0.5, 0.6) is 0 Å². The number of hydrogen-bond acceptors (Lipinski definition) is 2. The highest BCUT2D eigenvalue weighted by atomic mass is 16.2. The molecule has 16 heavy (non-hydrogen) atoms. The van der Waals surface area contributed by atoms with Gasteiger partial charge < -0.3 is 15.5 Å². The Morgan fingerprint density at radius 3 is 2.25 bits per heavy atom. The average molecular weight is 225 g/mol. The van der Waals surface area contributed by atoms with Gasteiger partial charge in [-0.3, -0.25) is 0 Å². The van der Waals surface area contributed by atoms with E-state index in [2.05, 4.69) is 6.92 Å². The van der Waals surface area contributed by atoms with Crippen LogP contribution >= 0.6 is 0 Å². The standard InChI is InChI=1S/C12H23N3O/c1-4-12(13)5-9-7-15(8-10(9)6-12)11(16)14(2)3/h9-10H,4-8,13H2,1-3H3/t9-,10+,12-. The van der Waals surface area contributed by atoms with E-state index in [1.165, 1.54) is 0 Å². The van der Waals surface area contributed by atoms with E-state index in [0.717, 1.165) is 32.4 Å². The molecule has 2 fully saturated rings. The lowest BCUT2D eigenvalue weighted by Gasteiger charge is -2.27. The molecule has 0 bridgehead atoms. The summed E-state index contributed by atoms with van der Waals surface area (Å²) >= 11 is 0. The molecule has 92 valence electrons. The average Bonchev–Trinajstić information content (AvgIpc) is 2.71. The Kier molecular flexibility index (Phi) is 2.86. The quantitative estimate of drug-likeness (QED) is 0.727. The Hall–Kier alpha value is -0.770. The van der Waals surface area contributed by atoms with Crippen LogP contribution in [-0.4, -0.2) is 48.6 Å². The van der Waals surface area contributed by atoms with E-state index in [9.17, 15) is 4.79 Å². The molecule has 4 nitrogen and oxygen atoms in total. The molecule has 1 heterocycles. The molecule has 3 atom stereocenters. The number of nitrogens with zero attached hydrogens (tertiary/aromatic N) is 2. The van der Waals surface area contributed by atoms with Gasteiger partial charge in [0.15, 0.2) is 0 Å². The van der Waals surface area contributed by atoms with Crippen LogP contribution < -0.4 is 5.73 Å². The molecule has 1 aliphatic heterocycles. The third-order valence-electron chi connectivity index (χ3n) is 4.27. The Balaban J connectivity index is 1.96. The first-order valence-electron chi connectivity index (χ1n) is 6.20. The molecule has 2 amide bonds. The van der Waals surface area contributed by atoms with Crippen molar-refractivity contribution >= 4 is 6.03 Å². The van der Waals surface area contributed by atoms with Gasteiger partial charge in [0, 0.05) is 32.7 Å². The van der Waals surface area contributed by atoms with Crippen molar-refractivity contribution in [2.24, 2.45) is 17.6 Å². The van der Waals surface area contributed by atoms with Gasteiger partial charge in [-0.15, -0.1) is 0 Å². The molecule has 4 heteroatoms. The number of hydrogen-bond donors (Lipinski definition) is 1. The lowest BCUT2D eigenvalue weighted by atomic mass is 9.94. The highest BCUT2D eigenvalue weighted by Gasteiger charge is 2.47. The van der Waals surface area contributed by atoms with Crippen LogP contribution in [0.3, 0.4) is 0 Å². The molecule has 1 saturated carbocycles. The lowest BCUT2D eigenvalue weighted by molar-refractivity contribution is 0.176. The van der Waals surface area contributed by atoms with Crippen LogP contribution in [0.2, 0.25) is 0 Å². The highest BCUT2D eigenvalue weighted by Crippen LogP contribution is 2.44. The molecule has 2 N–H and O–H groups in total. The summed E-state index contributed by atoms with van der Waals surface area (Å²) in [5, 5.41) is 0. The molecule has 0 aromatic heterocycles. The molecular formula is C12H23N3O. The van der Waals surface area contributed by atoms with Crippen molar-refractivity contribution in [1.29, 1.82) is 0 Å². The Morgan fingerprint density at radius 1 is 1.38 bits per heavy atom. The zero-order chi connectivity index (χ0) is 11.9. The van der Waals surface area contributed by atoms with Crippen LogP contribution in [0.4, 0.5) is 4.79 Å². The predicted octanol–water partition coefficient (Wildman–Crippen LogP) is 1.12.